The maximum absolute atomic E-state index is 12.9. The number of esters is 1. The molecule has 2 heterocycles. The molecule has 11 heteroatoms. The normalized spacial score (nSPS) is 22.8. The highest BCUT2D eigenvalue weighted by Gasteiger charge is 2.57. The Labute approximate surface area is 157 Å². The zero-order valence-corrected chi connectivity index (χ0v) is 14.5. The van der Waals surface area contributed by atoms with Crippen LogP contribution in [-0.2, 0) is 20.7 Å². The molecule has 28 heavy (non-hydrogen) atoms. The van der Waals surface area contributed by atoms with Crippen molar-refractivity contribution in [3.8, 4) is 0 Å². The Morgan fingerprint density at radius 2 is 2.14 bits per heavy atom. The van der Waals surface area contributed by atoms with E-state index in [9.17, 15) is 27.2 Å². The fourth-order valence-corrected chi connectivity index (χ4v) is 2.94. The number of carbonyl (C=O) groups excluding carboxylic acids is 2. The summed E-state index contributed by atoms with van der Waals surface area (Å²) in [6.45, 7) is -0.827. The molecule has 0 bridgehead atoms. The van der Waals surface area contributed by atoms with E-state index in [1.165, 1.54) is 18.5 Å². The fraction of sp³-hybridized carbons (Fsp3) is 0.471. The maximum Gasteiger partial charge on any atom is 0.491 e. The third kappa shape index (κ3) is 3.85. The standard InChI is InChI=1S/C17H17F4N3O4/c18-6-10(7-22)9-27-16(28-15(26)17(19,20)21)5-11-3-4-23-8-13(11)14(25)24(16)12-1-2-12/h3-4,6,8,12H,1-2,5,7,9,22H2/b10-6-. The van der Waals surface area contributed by atoms with Crippen molar-refractivity contribution in [3.63, 3.8) is 0 Å². The monoisotopic (exact) mass is 403 g/mol. The highest BCUT2D eigenvalue weighted by atomic mass is 19.4. The summed E-state index contributed by atoms with van der Waals surface area (Å²) in [5, 5.41) is 0. The van der Waals surface area contributed by atoms with Crippen LogP contribution in [0.2, 0.25) is 0 Å². The molecule has 1 saturated carbocycles. The van der Waals surface area contributed by atoms with Crippen molar-refractivity contribution in [2.75, 3.05) is 13.2 Å². The SMILES string of the molecule is NC/C(=C/F)COC1(OC(=O)C(F)(F)F)Cc2ccncc2C(=O)N1C1CC1. The van der Waals surface area contributed by atoms with Crippen LogP contribution in [0, 0.1) is 0 Å². The van der Waals surface area contributed by atoms with Crippen molar-refractivity contribution in [2.24, 2.45) is 5.73 Å². The molecule has 1 fully saturated rings. The predicted octanol–water partition coefficient (Wildman–Crippen LogP) is 1.83. The van der Waals surface area contributed by atoms with Crippen molar-refractivity contribution in [1.29, 1.82) is 0 Å². The molecule has 1 atom stereocenters. The second kappa shape index (κ2) is 7.47. The van der Waals surface area contributed by atoms with E-state index in [4.69, 9.17) is 15.2 Å². The van der Waals surface area contributed by atoms with Crippen molar-refractivity contribution in [1.82, 2.24) is 9.88 Å². The number of nitrogens with two attached hydrogens (primary N) is 1. The minimum Gasteiger partial charge on any atom is -0.406 e. The average Bonchev–Trinajstić information content (AvgIpc) is 3.46. The van der Waals surface area contributed by atoms with Gasteiger partial charge in [0, 0.05) is 25.0 Å². The average molecular weight is 403 g/mol. The number of amides is 1. The number of alkyl halides is 3. The van der Waals surface area contributed by atoms with Crippen LogP contribution < -0.4 is 5.73 Å². The van der Waals surface area contributed by atoms with Crippen molar-refractivity contribution in [3.05, 3.63) is 41.5 Å². The Morgan fingerprint density at radius 1 is 1.43 bits per heavy atom. The number of hydrogen-bond acceptors (Lipinski definition) is 6. The quantitative estimate of drug-likeness (QED) is 0.443. The summed E-state index contributed by atoms with van der Waals surface area (Å²) in [6.07, 6.45) is -1.88. The molecule has 0 radical (unpaired) electrons. The number of halogens is 4. The molecule has 152 valence electrons. The molecule has 2 aliphatic rings. The van der Waals surface area contributed by atoms with E-state index in [0.29, 0.717) is 18.4 Å². The summed E-state index contributed by atoms with van der Waals surface area (Å²) in [5.41, 5.74) is 5.75. The number of nitrogens with zero attached hydrogens (tertiary/aromatic N) is 2. The van der Waals surface area contributed by atoms with Crippen molar-refractivity contribution in [2.45, 2.75) is 37.4 Å². The minimum atomic E-state index is -5.31. The first-order chi connectivity index (χ1) is 13.2. The lowest BCUT2D eigenvalue weighted by atomic mass is 9.97. The van der Waals surface area contributed by atoms with Gasteiger partial charge in [0.25, 0.3) is 5.91 Å². The molecule has 0 spiro atoms. The Kier molecular flexibility index (Phi) is 5.39. The van der Waals surface area contributed by atoms with Gasteiger partial charge in [0.15, 0.2) is 0 Å². The minimum absolute atomic E-state index is 0.0776. The number of hydrogen-bond donors (Lipinski definition) is 1. The van der Waals surface area contributed by atoms with Gasteiger partial charge in [-0.3, -0.25) is 14.7 Å². The first-order valence-corrected chi connectivity index (χ1v) is 8.40. The van der Waals surface area contributed by atoms with E-state index in [1.807, 2.05) is 0 Å². The molecule has 1 aromatic rings. The van der Waals surface area contributed by atoms with E-state index < -0.39 is 36.6 Å². The Morgan fingerprint density at radius 3 is 2.71 bits per heavy atom. The lowest BCUT2D eigenvalue weighted by Crippen LogP contribution is -2.62. The third-order valence-electron chi connectivity index (χ3n) is 4.44. The van der Waals surface area contributed by atoms with Crippen LogP contribution in [0.5, 0.6) is 0 Å². The molecule has 0 saturated heterocycles. The van der Waals surface area contributed by atoms with Gasteiger partial charge < -0.3 is 15.2 Å². The number of pyridine rings is 1. The lowest BCUT2D eigenvalue weighted by Gasteiger charge is -2.45. The van der Waals surface area contributed by atoms with Gasteiger partial charge in [-0.2, -0.15) is 13.2 Å². The van der Waals surface area contributed by atoms with Crippen LogP contribution in [0.4, 0.5) is 17.6 Å². The molecular formula is C17H17F4N3O4. The van der Waals surface area contributed by atoms with Gasteiger partial charge in [-0.25, -0.2) is 9.18 Å². The van der Waals surface area contributed by atoms with E-state index in [2.05, 4.69) is 4.98 Å². The molecular weight excluding hydrogens is 386 g/mol. The summed E-state index contributed by atoms with van der Waals surface area (Å²) < 4.78 is 61.8. The summed E-state index contributed by atoms with van der Waals surface area (Å²) in [5.74, 6) is -5.56. The number of fused-ring (bicyclic) bond motifs is 1. The van der Waals surface area contributed by atoms with Crippen LogP contribution in [0.1, 0.15) is 28.8 Å². The fourth-order valence-electron chi connectivity index (χ4n) is 2.94. The van der Waals surface area contributed by atoms with Gasteiger partial charge in [0.05, 0.1) is 24.9 Å². The third-order valence-corrected chi connectivity index (χ3v) is 4.44. The summed E-state index contributed by atoms with van der Waals surface area (Å²) in [7, 11) is 0. The van der Waals surface area contributed by atoms with Gasteiger partial charge in [-0.1, -0.05) is 0 Å². The topological polar surface area (TPSA) is 94.7 Å². The Hall–Kier alpha value is -2.53. The second-order valence-electron chi connectivity index (χ2n) is 6.48. The molecule has 0 aromatic carbocycles. The highest BCUT2D eigenvalue weighted by Crippen LogP contribution is 2.42. The van der Waals surface area contributed by atoms with Gasteiger partial charge in [0.1, 0.15) is 0 Å². The van der Waals surface area contributed by atoms with E-state index in [0.717, 1.165) is 4.90 Å². The van der Waals surface area contributed by atoms with Crippen LogP contribution in [0.25, 0.3) is 0 Å². The second-order valence-corrected chi connectivity index (χ2v) is 6.48. The molecule has 1 aromatic heterocycles. The summed E-state index contributed by atoms with van der Waals surface area (Å²) in [6, 6.07) is 0.948. The molecule has 1 unspecified atom stereocenters. The van der Waals surface area contributed by atoms with Crippen LogP contribution in [0.3, 0.4) is 0 Å². The maximum atomic E-state index is 12.9. The van der Waals surface area contributed by atoms with Crippen molar-refractivity contribution >= 4 is 11.9 Å². The first kappa shape index (κ1) is 20.2. The molecule has 1 aliphatic carbocycles. The summed E-state index contributed by atoms with van der Waals surface area (Å²) >= 11 is 0. The molecule has 3 rings (SSSR count). The summed E-state index contributed by atoms with van der Waals surface area (Å²) in [4.78, 5) is 29.4. The van der Waals surface area contributed by atoms with Crippen LogP contribution >= 0.6 is 0 Å². The van der Waals surface area contributed by atoms with Gasteiger partial charge in [-0.15, -0.1) is 0 Å². The van der Waals surface area contributed by atoms with Gasteiger partial charge >= 0.3 is 18.1 Å². The smallest absolute Gasteiger partial charge is 0.406 e. The van der Waals surface area contributed by atoms with Gasteiger partial charge in [0.2, 0.25) is 0 Å². The number of rotatable bonds is 6. The van der Waals surface area contributed by atoms with Crippen LogP contribution in [0.15, 0.2) is 30.4 Å². The molecule has 1 aliphatic heterocycles. The lowest BCUT2D eigenvalue weighted by molar-refractivity contribution is -0.306. The largest absolute Gasteiger partial charge is 0.491 e. The number of aromatic nitrogens is 1. The number of carbonyl (C=O) groups is 2. The van der Waals surface area contributed by atoms with E-state index in [1.54, 1.807) is 0 Å². The molecule has 7 nitrogen and oxygen atoms in total. The van der Waals surface area contributed by atoms with Crippen molar-refractivity contribution < 1.29 is 36.6 Å². The zero-order chi connectivity index (χ0) is 20.5. The van der Waals surface area contributed by atoms with E-state index >= 15 is 0 Å². The molecule has 2 N–H and O–H groups in total. The van der Waals surface area contributed by atoms with E-state index in [-0.39, 0.29) is 30.4 Å². The first-order valence-electron chi connectivity index (χ1n) is 8.40. The molecule has 1 amide bonds. The van der Waals surface area contributed by atoms with Gasteiger partial charge in [-0.05, 0) is 30.0 Å². The number of ether oxygens (including phenoxy) is 2. The highest BCUT2D eigenvalue weighted by molar-refractivity contribution is 5.97. The Bertz CT molecular complexity index is 810. The Balaban J connectivity index is 2.04. The predicted molar refractivity (Wildman–Crippen MR) is 86.2 cm³/mol. The zero-order valence-electron chi connectivity index (χ0n) is 14.5. The van der Waals surface area contributed by atoms with Crippen LogP contribution in [-0.4, -0.2) is 53.0 Å².